The number of pyridine rings is 1. The smallest absolute Gasteiger partial charge is 0.313 e. The third kappa shape index (κ3) is 7.62. The second kappa shape index (κ2) is 14.2. The lowest BCUT2D eigenvalue weighted by Gasteiger charge is -2.28. The van der Waals surface area contributed by atoms with Crippen LogP contribution >= 0.6 is 0 Å². The number of nitrogens with zero attached hydrogens (tertiary/aromatic N) is 2. The number of nitrogens with one attached hydrogen (secondary N) is 2. The molecule has 0 bridgehead atoms. The van der Waals surface area contributed by atoms with Crippen molar-refractivity contribution in [2.45, 2.75) is 25.7 Å². The fourth-order valence-corrected chi connectivity index (χ4v) is 5.12. The Kier molecular flexibility index (Phi) is 9.91. The van der Waals surface area contributed by atoms with Crippen molar-refractivity contribution < 1.29 is 28.2 Å². The van der Waals surface area contributed by atoms with E-state index in [0.29, 0.717) is 40.7 Å². The molecule has 1 aliphatic heterocycles. The molecule has 0 aliphatic carbocycles. The van der Waals surface area contributed by atoms with Crippen LogP contribution in [0.4, 0.5) is 10.1 Å². The molecule has 0 radical (unpaired) electrons. The molecule has 1 aliphatic rings. The molecule has 230 valence electrons. The lowest BCUT2D eigenvalue weighted by Crippen LogP contribution is -2.37. The van der Waals surface area contributed by atoms with Gasteiger partial charge >= 0.3 is 11.8 Å². The maximum Gasteiger partial charge on any atom is 0.313 e. The Morgan fingerprint density at radius 3 is 2.48 bits per heavy atom. The Morgan fingerprint density at radius 1 is 0.977 bits per heavy atom. The van der Waals surface area contributed by atoms with Crippen molar-refractivity contribution in [2.24, 2.45) is 5.92 Å². The number of ether oxygens (including phenoxy) is 3. The highest BCUT2D eigenvalue weighted by molar-refractivity contribution is 6.39. The first kappa shape index (κ1) is 30.7. The van der Waals surface area contributed by atoms with Crippen molar-refractivity contribution in [3.63, 3.8) is 0 Å². The van der Waals surface area contributed by atoms with Crippen molar-refractivity contribution in [3.8, 4) is 23.0 Å². The zero-order chi connectivity index (χ0) is 31.1. The number of aromatic nitrogens is 1. The lowest BCUT2D eigenvalue weighted by molar-refractivity contribution is -0.136. The normalized spacial score (nSPS) is 14.5. The quantitative estimate of drug-likeness (QED) is 0.224. The molecule has 2 amide bonds. The van der Waals surface area contributed by atoms with Crippen molar-refractivity contribution in [1.82, 2.24) is 15.2 Å². The van der Waals surface area contributed by atoms with Crippen LogP contribution in [0, 0.1) is 11.7 Å². The number of carbonyl (C=O) groups excluding carboxylic acids is 2. The number of hydrogen-bond donors (Lipinski definition) is 2. The van der Waals surface area contributed by atoms with Crippen LogP contribution in [0.25, 0.3) is 10.9 Å². The Labute approximate surface area is 256 Å². The number of fused-ring (bicyclic) bond motifs is 1. The Hall–Kier alpha value is -4.70. The third-order valence-electron chi connectivity index (χ3n) is 7.85. The first-order chi connectivity index (χ1) is 21.3. The molecule has 1 fully saturated rings. The number of rotatable bonds is 10. The molecule has 0 saturated carbocycles. The third-order valence-corrected chi connectivity index (χ3v) is 7.85. The molecular weight excluding hydrogens is 563 g/mol. The topological polar surface area (TPSA) is 102 Å². The van der Waals surface area contributed by atoms with E-state index in [1.54, 1.807) is 31.5 Å². The predicted molar refractivity (Wildman–Crippen MR) is 167 cm³/mol. The van der Waals surface area contributed by atoms with Gasteiger partial charge in [0.2, 0.25) is 0 Å². The van der Waals surface area contributed by atoms with E-state index in [1.807, 2.05) is 37.3 Å². The molecule has 1 atom stereocenters. The van der Waals surface area contributed by atoms with Gasteiger partial charge in [-0.25, -0.2) is 4.39 Å². The molecule has 44 heavy (non-hydrogen) atoms. The molecule has 1 unspecified atom stereocenters. The minimum absolute atomic E-state index is 0.0225. The Morgan fingerprint density at radius 2 is 1.75 bits per heavy atom. The summed E-state index contributed by atoms with van der Waals surface area (Å²) in [7, 11) is 3.69. The standard InChI is InChI=1S/C34H37FN4O5/c1-22(24-7-5-4-6-8-24)20-37-33(40)34(41)38-25-9-10-30(27(35)17-25)44-29-11-14-36-28-19-32(31(42-3)18-26(28)29)43-21-23-12-15-39(2)16-13-23/h4-11,14,17-19,22-23H,12-13,15-16,20-21H2,1-3H3,(H,37,40)(H,38,41). The molecule has 1 aromatic heterocycles. The summed E-state index contributed by atoms with van der Waals surface area (Å²) in [6, 6.07) is 18.8. The summed E-state index contributed by atoms with van der Waals surface area (Å²) in [5.41, 5.74) is 1.78. The van der Waals surface area contributed by atoms with Crippen LogP contribution in [-0.2, 0) is 9.59 Å². The average Bonchev–Trinajstić information content (AvgIpc) is 3.04. The number of piperidine rings is 1. The number of halogens is 1. The van der Waals surface area contributed by atoms with Gasteiger partial charge in [-0.15, -0.1) is 0 Å². The minimum atomic E-state index is -0.889. The van der Waals surface area contributed by atoms with Gasteiger partial charge in [0.1, 0.15) is 5.75 Å². The van der Waals surface area contributed by atoms with E-state index >= 15 is 4.39 Å². The molecule has 2 N–H and O–H groups in total. The molecular formula is C34H37FN4O5. The van der Waals surface area contributed by atoms with E-state index in [2.05, 4.69) is 27.6 Å². The highest BCUT2D eigenvalue weighted by atomic mass is 19.1. The molecule has 9 nitrogen and oxygen atoms in total. The van der Waals surface area contributed by atoms with E-state index in [0.717, 1.165) is 37.6 Å². The SMILES string of the molecule is COc1cc2c(Oc3ccc(NC(=O)C(=O)NCC(C)c4ccccc4)cc3F)ccnc2cc1OCC1CCN(C)CC1. The largest absolute Gasteiger partial charge is 0.493 e. The van der Waals surface area contributed by atoms with Crippen molar-refractivity contribution >= 4 is 28.4 Å². The number of anilines is 1. The van der Waals surface area contributed by atoms with Gasteiger partial charge in [-0.3, -0.25) is 14.6 Å². The van der Waals surface area contributed by atoms with Gasteiger partial charge < -0.3 is 29.7 Å². The summed E-state index contributed by atoms with van der Waals surface area (Å²) in [5.74, 6) is -0.477. The fraction of sp³-hybridized carbons (Fsp3) is 0.324. The van der Waals surface area contributed by atoms with E-state index in [-0.39, 0.29) is 23.9 Å². The summed E-state index contributed by atoms with van der Waals surface area (Å²) < 4.78 is 32.8. The molecule has 10 heteroatoms. The summed E-state index contributed by atoms with van der Waals surface area (Å²) in [6.07, 6.45) is 3.74. The van der Waals surface area contributed by atoms with E-state index in [4.69, 9.17) is 14.2 Å². The number of carbonyl (C=O) groups is 2. The van der Waals surface area contributed by atoms with Crippen LogP contribution in [0.5, 0.6) is 23.0 Å². The maximum absolute atomic E-state index is 15.1. The number of amides is 2. The van der Waals surface area contributed by atoms with Crippen LogP contribution < -0.4 is 24.8 Å². The van der Waals surface area contributed by atoms with E-state index in [1.165, 1.54) is 12.1 Å². The number of likely N-dealkylation sites (tertiary alicyclic amines) is 1. The zero-order valence-corrected chi connectivity index (χ0v) is 25.1. The minimum Gasteiger partial charge on any atom is -0.493 e. The van der Waals surface area contributed by atoms with Crippen molar-refractivity contribution in [1.29, 1.82) is 0 Å². The Bertz CT molecular complexity index is 1610. The van der Waals surface area contributed by atoms with Crippen LogP contribution in [0.15, 0.2) is 72.9 Å². The predicted octanol–water partition coefficient (Wildman–Crippen LogP) is 5.75. The van der Waals surface area contributed by atoms with Gasteiger partial charge in [0.05, 0.1) is 19.2 Å². The second-order valence-corrected chi connectivity index (χ2v) is 11.1. The first-order valence-electron chi connectivity index (χ1n) is 14.7. The monoisotopic (exact) mass is 600 g/mol. The summed E-state index contributed by atoms with van der Waals surface area (Å²) in [6.45, 7) is 4.94. The first-order valence-corrected chi connectivity index (χ1v) is 14.7. The fourth-order valence-electron chi connectivity index (χ4n) is 5.12. The number of hydrogen-bond acceptors (Lipinski definition) is 7. The van der Waals surface area contributed by atoms with Gasteiger partial charge in [0, 0.05) is 35.9 Å². The maximum atomic E-state index is 15.1. The summed E-state index contributed by atoms with van der Waals surface area (Å²) >= 11 is 0. The van der Waals surface area contributed by atoms with Crippen LogP contribution in [-0.4, -0.2) is 62.1 Å². The van der Waals surface area contributed by atoms with Gasteiger partial charge in [0.15, 0.2) is 23.1 Å². The van der Waals surface area contributed by atoms with Crippen molar-refractivity contribution in [2.75, 3.05) is 45.7 Å². The van der Waals surface area contributed by atoms with Gasteiger partial charge in [-0.1, -0.05) is 37.3 Å². The highest BCUT2D eigenvalue weighted by Crippen LogP contribution is 2.38. The van der Waals surface area contributed by atoms with E-state index < -0.39 is 17.6 Å². The highest BCUT2D eigenvalue weighted by Gasteiger charge is 2.20. The van der Waals surface area contributed by atoms with Crippen LogP contribution in [0.1, 0.15) is 31.2 Å². The average molecular weight is 601 g/mol. The molecule has 2 heterocycles. The molecule has 4 aromatic rings. The van der Waals surface area contributed by atoms with Crippen LogP contribution in [0.3, 0.4) is 0 Å². The van der Waals surface area contributed by atoms with Gasteiger partial charge in [-0.05, 0) is 74.6 Å². The van der Waals surface area contributed by atoms with Crippen LogP contribution in [0.2, 0.25) is 0 Å². The summed E-state index contributed by atoms with van der Waals surface area (Å²) in [5, 5.41) is 5.68. The second-order valence-electron chi connectivity index (χ2n) is 11.1. The summed E-state index contributed by atoms with van der Waals surface area (Å²) in [4.78, 5) is 31.5. The molecule has 1 saturated heterocycles. The Balaban J connectivity index is 1.22. The molecule has 5 rings (SSSR count). The van der Waals surface area contributed by atoms with E-state index in [9.17, 15) is 9.59 Å². The number of benzene rings is 3. The zero-order valence-electron chi connectivity index (χ0n) is 25.1. The van der Waals surface area contributed by atoms with Crippen molar-refractivity contribution in [3.05, 3.63) is 84.3 Å². The number of methoxy groups -OCH3 is 1. The molecule has 3 aromatic carbocycles. The van der Waals surface area contributed by atoms with Gasteiger partial charge in [0.25, 0.3) is 0 Å². The molecule has 0 spiro atoms. The van der Waals surface area contributed by atoms with Gasteiger partial charge in [-0.2, -0.15) is 0 Å². The lowest BCUT2D eigenvalue weighted by atomic mass is 9.98.